The number of nitrogens with one attached hydrogen (secondary N) is 2. The van der Waals surface area contributed by atoms with Crippen LogP contribution in [0.5, 0.6) is 0 Å². The van der Waals surface area contributed by atoms with Crippen molar-refractivity contribution in [3.8, 4) is 0 Å². The van der Waals surface area contributed by atoms with Crippen molar-refractivity contribution in [3.05, 3.63) is 35.4 Å². The Morgan fingerprint density at radius 2 is 1.86 bits per heavy atom. The highest BCUT2D eigenvalue weighted by Gasteiger charge is 2.37. The summed E-state index contributed by atoms with van der Waals surface area (Å²) in [7, 11) is 0. The van der Waals surface area contributed by atoms with Gasteiger partial charge in [0, 0.05) is 6.54 Å². The highest BCUT2D eigenvalue weighted by Crippen LogP contribution is 2.32. The summed E-state index contributed by atoms with van der Waals surface area (Å²) in [6.45, 7) is 4.65. The first kappa shape index (κ1) is 15.4. The number of benzene rings is 1. The van der Waals surface area contributed by atoms with Crippen molar-refractivity contribution in [2.75, 3.05) is 0 Å². The molecular formula is C16H22N2O3. The van der Waals surface area contributed by atoms with Crippen LogP contribution in [0.1, 0.15) is 43.7 Å². The predicted molar refractivity (Wildman–Crippen MR) is 80.1 cm³/mol. The fraction of sp³-hybridized carbons (Fsp3) is 0.500. The van der Waals surface area contributed by atoms with E-state index in [0.29, 0.717) is 12.5 Å². The van der Waals surface area contributed by atoms with Crippen molar-refractivity contribution >= 4 is 12.0 Å². The summed E-state index contributed by atoms with van der Waals surface area (Å²) in [5.74, 6) is -0.405. The van der Waals surface area contributed by atoms with Gasteiger partial charge in [-0.2, -0.15) is 0 Å². The molecule has 114 valence electrons. The van der Waals surface area contributed by atoms with Gasteiger partial charge in [-0.25, -0.2) is 9.59 Å². The van der Waals surface area contributed by atoms with Crippen LogP contribution in [0, 0.1) is 5.92 Å². The molecule has 1 aliphatic rings. The molecule has 3 N–H and O–H groups in total. The minimum atomic E-state index is -0.964. The molecule has 1 aromatic rings. The summed E-state index contributed by atoms with van der Waals surface area (Å²) in [6.07, 6.45) is 1.74. The van der Waals surface area contributed by atoms with Gasteiger partial charge in [0.2, 0.25) is 0 Å². The molecule has 2 amide bonds. The van der Waals surface area contributed by atoms with Crippen LogP contribution in [-0.2, 0) is 11.3 Å². The van der Waals surface area contributed by atoms with Gasteiger partial charge in [0.1, 0.15) is 6.04 Å². The van der Waals surface area contributed by atoms with Crippen LogP contribution in [0.3, 0.4) is 0 Å². The average molecular weight is 290 g/mol. The lowest BCUT2D eigenvalue weighted by molar-refractivity contribution is -0.139. The van der Waals surface area contributed by atoms with Crippen LogP contribution < -0.4 is 10.6 Å². The highest BCUT2D eigenvalue weighted by molar-refractivity contribution is 5.83. The Morgan fingerprint density at radius 3 is 2.33 bits per heavy atom. The summed E-state index contributed by atoms with van der Waals surface area (Å²) in [6, 6.07) is 6.85. The van der Waals surface area contributed by atoms with E-state index in [1.807, 2.05) is 24.3 Å². The molecule has 1 aromatic carbocycles. The van der Waals surface area contributed by atoms with Crippen molar-refractivity contribution in [2.45, 2.75) is 45.2 Å². The second kappa shape index (κ2) is 6.61. The van der Waals surface area contributed by atoms with Crippen LogP contribution in [0.15, 0.2) is 24.3 Å². The SMILES string of the molecule is CC(C)c1ccc(CNC(=O)NC(C(=O)O)C2CC2)cc1. The first-order valence-electron chi connectivity index (χ1n) is 7.33. The number of carbonyl (C=O) groups excluding carboxylic acids is 1. The van der Waals surface area contributed by atoms with Crippen molar-refractivity contribution in [1.82, 2.24) is 10.6 Å². The van der Waals surface area contributed by atoms with Gasteiger partial charge in [0.15, 0.2) is 0 Å². The molecular weight excluding hydrogens is 268 g/mol. The number of urea groups is 1. The number of hydrogen-bond donors (Lipinski definition) is 3. The fourth-order valence-corrected chi connectivity index (χ4v) is 2.21. The van der Waals surface area contributed by atoms with E-state index in [4.69, 9.17) is 5.11 Å². The number of aliphatic carboxylic acids is 1. The second-order valence-electron chi connectivity index (χ2n) is 5.88. The number of carbonyl (C=O) groups is 2. The van der Waals surface area contributed by atoms with Gasteiger partial charge in [-0.05, 0) is 35.8 Å². The third kappa shape index (κ3) is 4.48. The zero-order valence-corrected chi connectivity index (χ0v) is 12.4. The summed E-state index contributed by atoms with van der Waals surface area (Å²) in [5, 5.41) is 14.3. The largest absolute Gasteiger partial charge is 0.480 e. The van der Waals surface area contributed by atoms with E-state index in [1.54, 1.807) is 0 Å². The molecule has 1 aliphatic carbocycles. The van der Waals surface area contributed by atoms with E-state index in [-0.39, 0.29) is 5.92 Å². The fourth-order valence-electron chi connectivity index (χ4n) is 2.21. The van der Waals surface area contributed by atoms with Gasteiger partial charge in [-0.3, -0.25) is 0 Å². The van der Waals surface area contributed by atoms with Crippen LogP contribution in [0.4, 0.5) is 4.79 Å². The molecule has 2 rings (SSSR count). The monoisotopic (exact) mass is 290 g/mol. The lowest BCUT2D eigenvalue weighted by Crippen LogP contribution is -2.46. The summed E-state index contributed by atoms with van der Waals surface area (Å²) >= 11 is 0. The van der Waals surface area contributed by atoms with E-state index >= 15 is 0 Å². The van der Waals surface area contributed by atoms with Crippen LogP contribution >= 0.6 is 0 Å². The van der Waals surface area contributed by atoms with Crippen molar-refractivity contribution in [3.63, 3.8) is 0 Å². The molecule has 0 heterocycles. The summed E-state index contributed by atoms with van der Waals surface area (Å²) < 4.78 is 0. The lowest BCUT2D eigenvalue weighted by Gasteiger charge is -2.14. The zero-order valence-electron chi connectivity index (χ0n) is 12.4. The molecule has 1 saturated carbocycles. The van der Waals surface area contributed by atoms with Crippen LogP contribution in [0.25, 0.3) is 0 Å². The van der Waals surface area contributed by atoms with Gasteiger partial charge in [-0.1, -0.05) is 38.1 Å². The molecule has 0 radical (unpaired) electrons. The molecule has 0 saturated heterocycles. The van der Waals surface area contributed by atoms with Gasteiger partial charge in [0.05, 0.1) is 0 Å². The molecule has 0 spiro atoms. The molecule has 5 heteroatoms. The topological polar surface area (TPSA) is 78.4 Å². The first-order chi connectivity index (χ1) is 9.97. The van der Waals surface area contributed by atoms with Crippen molar-refractivity contribution in [2.24, 2.45) is 5.92 Å². The Labute approximate surface area is 124 Å². The van der Waals surface area contributed by atoms with E-state index < -0.39 is 18.0 Å². The Morgan fingerprint density at radius 1 is 1.24 bits per heavy atom. The number of rotatable bonds is 6. The van der Waals surface area contributed by atoms with E-state index in [2.05, 4.69) is 24.5 Å². The molecule has 1 atom stereocenters. The minimum absolute atomic E-state index is 0.0820. The third-order valence-corrected chi connectivity index (χ3v) is 3.75. The maximum Gasteiger partial charge on any atom is 0.326 e. The normalized spacial score (nSPS) is 15.6. The van der Waals surface area contributed by atoms with Gasteiger partial charge < -0.3 is 15.7 Å². The minimum Gasteiger partial charge on any atom is -0.480 e. The summed E-state index contributed by atoms with van der Waals surface area (Å²) in [4.78, 5) is 22.8. The molecule has 1 fully saturated rings. The molecule has 21 heavy (non-hydrogen) atoms. The quantitative estimate of drug-likeness (QED) is 0.753. The van der Waals surface area contributed by atoms with Gasteiger partial charge in [-0.15, -0.1) is 0 Å². The standard InChI is InChI=1S/C16H22N2O3/c1-10(2)12-5-3-11(4-6-12)9-17-16(21)18-14(15(19)20)13-7-8-13/h3-6,10,13-14H,7-9H2,1-2H3,(H,19,20)(H2,17,18,21). The average Bonchev–Trinajstić information content (AvgIpc) is 3.27. The third-order valence-electron chi connectivity index (χ3n) is 3.75. The second-order valence-corrected chi connectivity index (χ2v) is 5.88. The number of amides is 2. The Bertz CT molecular complexity index is 507. The highest BCUT2D eigenvalue weighted by atomic mass is 16.4. The molecule has 0 bridgehead atoms. The molecule has 0 aliphatic heterocycles. The van der Waals surface area contributed by atoms with Gasteiger partial charge in [0.25, 0.3) is 0 Å². The lowest BCUT2D eigenvalue weighted by atomic mass is 10.0. The van der Waals surface area contributed by atoms with Crippen LogP contribution in [-0.4, -0.2) is 23.1 Å². The van der Waals surface area contributed by atoms with Crippen molar-refractivity contribution < 1.29 is 14.7 Å². The Kier molecular flexibility index (Phi) is 4.83. The number of hydrogen-bond acceptors (Lipinski definition) is 2. The van der Waals surface area contributed by atoms with E-state index in [1.165, 1.54) is 5.56 Å². The number of carboxylic acids is 1. The maximum atomic E-state index is 11.8. The Hall–Kier alpha value is -2.04. The van der Waals surface area contributed by atoms with E-state index in [0.717, 1.165) is 18.4 Å². The zero-order chi connectivity index (χ0) is 15.4. The molecule has 1 unspecified atom stereocenters. The van der Waals surface area contributed by atoms with Crippen LogP contribution in [0.2, 0.25) is 0 Å². The smallest absolute Gasteiger partial charge is 0.326 e. The Balaban J connectivity index is 1.81. The number of carboxylic acid groups (broad SMARTS) is 1. The molecule has 5 nitrogen and oxygen atoms in total. The maximum absolute atomic E-state index is 11.8. The van der Waals surface area contributed by atoms with Crippen molar-refractivity contribution in [1.29, 1.82) is 0 Å². The van der Waals surface area contributed by atoms with Gasteiger partial charge >= 0.3 is 12.0 Å². The molecule has 0 aromatic heterocycles. The van der Waals surface area contributed by atoms with E-state index in [9.17, 15) is 9.59 Å². The summed E-state index contributed by atoms with van der Waals surface area (Å²) in [5.41, 5.74) is 2.25. The predicted octanol–water partition coefficient (Wildman–Crippen LogP) is 2.47. The first-order valence-corrected chi connectivity index (χ1v) is 7.33.